The Kier molecular flexibility index (Phi) is 5.63. The number of amides is 4. The molecule has 1 aliphatic heterocycles. The molecule has 1 saturated heterocycles. The molecule has 0 bridgehead atoms. The number of anilines is 1. The molecular formula is C23H23N5O4. The molecule has 1 aliphatic rings. The van der Waals surface area contributed by atoms with Gasteiger partial charge in [-0.25, -0.2) is 9.48 Å². The molecule has 3 aromatic rings. The molecule has 2 heterocycles. The highest BCUT2D eigenvalue weighted by Gasteiger charge is 2.39. The van der Waals surface area contributed by atoms with Crippen molar-refractivity contribution < 1.29 is 14.4 Å². The summed E-state index contributed by atoms with van der Waals surface area (Å²) in [6.07, 6.45) is 0.336. The second-order valence-electron chi connectivity index (χ2n) is 7.60. The first kappa shape index (κ1) is 21.1. The van der Waals surface area contributed by atoms with Gasteiger partial charge in [0.25, 0.3) is 11.5 Å². The minimum atomic E-state index is -0.730. The van der Waals surface area contributed by atoms with Gasteiger partial charge in [0.05, 0.1) is 11.4 Å². The maximum atomic E-state index is 12.9. The maximum Gasteiger partial charge on any atom is 0.325 e. The molecule has 1 aromatic heterocycles. The fourth-order valence-corrected chi connectivity index (χ4v) is 3.75. The highest BCUT2D eigenvalue weighted by Crippen LogP contribution is 2.15. The molecule has 2 N–H and O–H groups in total. The second kappa shape index (κ2) is 8.54. The predicted molar refractivity (Wildman–Crippen MR) is 119 cm³/mol. The summed E-state index contributed by atoms with van der Waals surface area (Å²) in [6, 6.07) is 17.0. The molecule has 0 aliphatic carbocycles. The van der Waals surface area contributed by atoms with E-state index in [0.29, 0.717) is 17.8 Å². The monoisotopic (exact) mass is 433 g/mol. The van der Waals surface area contributed by atoms with Crippen molar-refractivity contribution in [2.75, 3.05) is 11.9 Å². The van der Waals surface area contributed by atoms with Crippen LogP contribution >= 0.6 is 0 Å². The second-order valence-corrected chi connectivity index (χ2v) is 7.60. The van der Waals surface area contributed by atoms with Gasteiger partial charge in [-0.1, -0.05) is 48.5 Å². The van der Waals surface area contributed by atoms with Crippen LogP contribution in [0.5, 0.6) is 0 Å². The van der Waals surface area contributed by atoms with E-state index < -0.39 is 36.0 Å². The topological polar surface area (TPSA) is 105 Å². The zero-order valence-electron chi connectivity index (χ0n) is 17.7. The Morgan fingerprint density at radius 1 is 1.00 bits per heavy atom. The van der Waals surface area contributed by atoms with Gasteiger partial charge in [-0.2, -0.15) is 0 Å². The summed E-state index contributed by atoms with van der Waals surface area (Å²) in [5.74, 6) is -1.10. The molecule has 9 heteroatoms. The van der Waals surface area contributed by atoms with Crippen LogP contribution in [0.25, 0.3) is 5.69 Å². The first-order valence-electron chi connectivity index (χ1n) is 10.2. The first-order valence-corrected chi connectivity index (χ1v) is 10.2. The highest BCUT2D eigenvalue weighted by molar-refractivity contribution is 6.08. The fourth-order valence-electron chi connectivity index (χ4n) is 3.75. The van der Waals surface area contributed by atoms with Crippen LogP contribution in [0.1, 0.15) is 11.3 Å². The number of nitrogens with one attached hydrogen (secondary N) is 2. The molecule has 1 fully saturated rings. The number of imide groups is 1. The lowest BCUT2D eigenvalue weighted by atomic mass is 10.1. The van der Waals surface area contributed by atoms with Gasteiger partial charge in [0.1, 0.15) is 18.3 Å². The summed E-state index contributed by atoms with van der Waals surface area (Å²) in [5, 5.41) is 5.19. The van der Waals surface area contributed by atoms with E-state index in [0.717, 1.165) is 10.5 Å². The van der Waals surface area contributed by atoms with Crippen LogP contribution < -0.4 is 16.2 Å². The molecule has 4 rings (SSSR count). The SMILES string of the molecule is Cc1c(NC(=O)CN2C(=O)N[C@H](Cc3ccccc3)C2=O)c(=O)n(-c2ccccc2)n1C. The normalized spacial score (nSPS) is 15.7. The Morgan fingerprint density at radius 2 is 1.62 bits per heavy atom. The van der Waals surface area contributed by atoms with Crippen molar-refractivity contribution in [3.8, 4) is 5.69 Å². The summed E-state index contributed by atoms with van der Waals surface area (Å²) >= 11 is 0. The van der Waals surface area contributed by atoms with Gasteiger partial charge in [0, 0.05) is 13.5 Å². The molecule has 0 unspecified atom stereocenters. The van der Waals surface area contributed by atoms with Gasteiger partial charge < -0.3 is 10.6 Å². The van der Waals surface area contributed by atoms with Crippen LogP contribution in [0.4, 0.5) is 10.5 Å². The molecule has 0 saturated carbocycles. The minimum absolute atomic E-state index is 0.106. The Labute approximate surface area is 184 Å². The van der Waals surface area contributed by atoms with Gasteiger partial charge >= 0.3 is 6.03 Å². The number of hydrogen-bond acceptors (Lipinski definition) is 4. The predicted octanol–water partition coefficient (Wildman–Crippen LogP) is 1.59. The van der Waals surface area contributed by atoms with Crippen LogP contribution in [0.15, 0.2) is 65.5 Å². The number of carbonyl (C=O) groups excluding carboxylic acids is 3. The molecular weight excluding hydrogens is 410 g/mol. The molecule has 4 amide bonds. The third-order valence-corrected chi connectivity index (χ3v) is 5.51. The summed E-state index contributed by atoms with van der Waals surface area (Å²) in [5.41, 5.74) is 1.81. The molecule has 2 aromatic carbocycles. The molecule has 32 heavy (non-hydrogen) atoms. The van der Waals surface area contributed by atoms with E-state index in [9.17, 15) is 19.2 Å². The van der Waals surface area contributed by atoms with Crippen LogP contribution in [-0.4, -0.2) is 44.7 Å². The standard InChI is InChI=1S/C23H23N5O4/c1-15-20(22(31)28(26(15)2)17-11-7-4-8-12-17)25-19(29)14-27-21(30)18(24-23(27)32)13-16-9-5-3-6-10-16/h3-12,18H,13-14H2,1-2H3,(H,24,32)(H,25,29)/t18-/m1/s1. The van der Waals surface area contributed by atoms with Gasteiger partial charge in [0.2, 0.25) is 5.91 Å². The minimum Gasteiger partial charge on any atom is -0.325 e. The number of urea groups is 1. The third kappa shape index (κ3) is 3.92. The van der Waals surface area contributed by atoms with Crippen LogP contribution in [0.2, 0.25) is 0 Å². The van der Waals surface area contributed by atoms with Gasteiger partial charge in [0.15, 0.2) is 0 Å². The summed E-state index contributed by atoms with van der Waals surface area (Å²) in [4.78, 5) is 51.4. The van der Waals surface area contributed by atoms with E-state index in [-0.39, 0.29) is 5.69 Å². The lowest BCUT2D eigenvalue weighted by molar-refractivity contribution is -0.130. The lowest BCUT2D eigenvalue weighted by Crippen LogP contribution is -2.39. The lowest BCUT2D eigenvalue weighted by Gasteiger charge is -2.12. The van der Waals surface area contributed by atoms with Crippen LogP contribution in [-0.2, 0) is 23.1 Å². The van der Waals surface area contributed by atoms with Gasteiger partial charge in [-0.05, 0) is 24.6 Å². The number of benzene rings is 2. The van der Waals surface area contributed by atoms with E-state index in [4.69, 9.17) is 0 Å². The van der Waals surface area contributed by atoms with Gasteiger partial charge in [-0.3, -0.25) is 24.0 Å². The average Bonchev–Trinajstić information content (AvgIpc) is 3.16. The zero-order chi connectivity index (χ0) is 22.8. The van der Waals surface area contributed by atoms with Crippen LogP contribution in [0, 0.1) is 6.92 Å². The largest absolute Gasteiger partial charge is 0.325 e. The molecule has 9 nitrogen and oxygen atoms in total. The third-order valence-electron chi connectivity index (χ3n) is 5.51. The molecule has 0 radical (unpaired) electrons. The van der Waals surface area contributed by atoms with Crippen molar-refractivity contribution in [3.05, 3.63) is 82.3 Å². The zero-order valence-corrected chi connectivity index (χ0v) is 17.7. The molecule has 1 atom stereocenters. The first-order chi connectivity index (χ1) is 15.4. The number of hydrogen-bond donors (Lipinski definition) is 2. The van der Waals surface area contributed by atoms with Crippen molar-refractivity contribution in [3.63, 3.8) is 0 Å². The number of nitrogens with zero attached hydrogens (tertiary/aromatic N) is 3. The molecule has 0 spiro atoms. The Morgan fingerprint density at radius 3 is 2.28 bits per heavy atom. The van der Waals surface area contributed by atoms with E-state index in [2.05, 4.69) is 10.6 Å². The number of carbonyl (C=O) groups is 3. The van der Waals surface area contributed by atoms with E-state index >= 15 is 0 Å². The van der Waals surface area contributed by atoms with Crippen molar-refractivity contribution in [2.24, 2.45) is 7.05 Å². The van der Waals surface area contributed by atoms with Crippen molar-refractivity contribution in [1.29, 1.82) is 0 Å². The van der Waals surface area contributed by atoms with Crippen molar-refractivity contribution >= 4 is 23.5 Å². The Balaban J connectivity index is 1.48. The molecule has 164 valence electrons. The highest BCUT2D eigenvalue weighted by atomic mass is 16.2. The number of para-hydroxylation sites is 1. The Bertz CT molecular complexity index is 1230. The van der Waals surface area contributed by atoms with Crippen LogP contribution in [0.3, 0.4) is 0 Å². The smallest absolute Gasteiger partial charge is 0.325 e. The van der Waals surface area contributed by atoms with E-state index in [1.807, 2.05) is 48.5 Å². The fraction of sp³-hybridized carbons (Fsp3) is 0.217. The average molecular weight is 433 g/mol. The summed E-state index contributed by atoms with van der Waals surface area (Å²) in [7, 11) is 1.71. The number of rotatable bonds is 6. The summed E-state index contributed by atoms with van der Waals surface area (Å²) in [6.45, 7) is 1.23. The van der Waals surface area contributed by atoms with Crippen molar-refractivity contribution in [2.45, 2.75) is 19.4 Å². The van der Waals surface area contributed by atoms with Crippen molar-refractivity contribution in [1.82, 2.24) is 19.6 Å². The summed E-state index contributed by atoms with van der Waals surface area (Å²) < 4.78 is 3.07. The Hall–Kier alpha value is -4.14. The maximum absolute atomic E-state index is 12.9. The van der Waals surface area contributed by atoms with E-state index in [1.54, 1.807) is 30.8 Å². The quantitative estimate of drug-likeness (QED) is 0.576. The van der Waals surface area contributed by atoms with E-state index in [1.165, 1.54) is 4.68 Å². The number of aromatic nitrogens is 2. The van der Waals surface area contributed by atoms with Gasteiger partial charge in [-0.15, -0.1) is 0 Å².